The van der Waals surface area contributed by atoms with Gasteiger partial charge in [-0.3, -0.25) is 4.98 Å². The predicted molar refractivity (Wildman–Crippen MR) is 98.4 cm³/mol. The fourth-order valence-electron chi connectivity index (χ4n) is 2.75. The molecule has 3 rings (SSSR count). The summed E-state index contributed by atoms with van der Waals surface area (Å²) in [5.41, 5.74) is 2.28. The van der Waals surface area contributed by atoms with Crippen LogP contribution in [0.25, 0.3) is 10.9 Å². The second kappa shape index (κ2) is 8.24. The van der Waals surface area contributed by atoms with E-state index in [-0.39, 0.29) is 17.3 Å². The lowest BCUT2D eigenvalue weighted by molar-refractivity contribution is 0.321. The Morgan fingerprint density at radius 3 is 2.88 bits per heavy atom. The standard InChI is InChI=1S/C19H19FN4O2/c20-15-6-3-5-14-16(9-11-22-19(14)15)21-10-2-1-4-13-7-8-18(25)17(24-13)12-23-26/h3,5-9,11-12,25-26H,1-2,4,10H2,(H,21,22)/b23-12+. The number of nitrogens with one attached hydrogen (secondary N) is 1. The highest BCUT2D eigenvalue weighted by atomic mass is 19.1. The van der Waals surface area contributed by atoms with Crippen molar-refractivity contribution in [1.82, 2.24) is 9.97 Å². The molecule has 134 valence electrons. The highest BCUT2D eigenvalue weighted by Crippen LogP contribution is 2.23. The maximum atomic E-state index is 13.8. The monoisotopic (exact) mass is 354 g/mol. The minimum Gasteiger partial charge on any atom is -0.506 e. The van der Waals surface area contributed by atoms with E-state index in [0.29, 0.717) is 5.52 Å². The number of hydrogen-bond donors (Lipinski definition) is 3. The second-order valence-electron chi connectivity index (χ2n) is 5.83. The number of pyridine rings is 2. The normalized spacial score (nSPS) is 11.3. The van der Waals surface area contributed by atoms with E-state index in [1.807, 2.05) is 12.1 Å². The fraction of sp³-hybridized carbons (Fsp3) is 0.211. The molecule has 0 radical (unpaired) electrons. The zero-order chi connectivity index (χ0) is 18.4. The van der Waals surface area contributed by atoms with Crippen molar-refractivity contribution in [3.05, 3.63) is 59.8 Å². The van der Waals surface area contributed by atoms with Gasteiger partial charge in [-0.05, 0) is 43.5 Å². The molecule has 0 bridgehead atoms. The van der Waals surface area contributed by atoms with Crippen LogP contribution in [-0.4, -0.2) is 33.0 Å². The Labute approximate surface area is 150 Å². The van der Waals surface area contributed by atoms with Gasteiger partial charge in [-0.2, -0.15) is 0 Å². The Bertz CT molecular complexity index is 931. The summed E-state index contributed by atoms with van der Waals surface area (Å²) < 4.78 is 13.8. The van der Waals surface area contributed by atoms with Crippen LogP contribution in [0, 0.1) is 5.82 Å². The number of aromatic hydroxyl groups is 1. The molecule has 26 heavy (non-hydrogen) atoms. The summed E-state index contributed by atoms with van der Waals surface area (Å²) in [7, 11) is 0. The molecule has 0 fully saturated rings. The van der Waals surface area contributed by atoms with Crippen LogP contribution in [0.5, 0.6) is 5.75 Å². The average Bonchev–Trinajstić information content (AvgIpc) is 2.65. The Morgan fingerprint density at radius 1 is 1.15 bits per heavy atom. The molecule has 3 aromatic rings. The molecule has 0 saturated carbocycles. The number of para-hydroxylation sites is 1. The van der Waals surface area contributed by atoms with E-state index in [2.05, 4.69) is 20.4 Å². The van der Waals surface area contributed by atoms with Crippen molar-refractivity contribution in [3.63, 3.8) is 0 Å². The van der Waals surface area contributed by atoms with Crippen LogP contribution in [0.3, 0.4) is 0 Å². The van der Waals surface area contributed by atoms with Crippen LogP contribution in [-0.2, 0) is 6.42 Å². The van der Waals surface area contributed by atoms with Crippen LogP contribution in [0.1, 0.15) is 24.2 Å². The summed E-state index contributed by atoms with van der Waals surface area (Å²) in [5, 5.41) is 25.1. The molecule has 6 nitrogen and oxygen atoms in total. The summed E-state index contributed by atoms with van der Waals surface area (Å²) in [6, 6.07) is 10.0. The van der Waals surface area contributed by atoms with Gasteiger partial charge in [0.2, 0.25) is 0 Å². The number of hydrogen-bond acceptors (Lipinski definition) is 6. The van der Waals surface area contributed by atoms with E-state index in [4.69, 9.17) is 5.21 Å². The van der Waals surface area contributed by atoms with Gasteiger partial charge in [0.15, 0.2) is 0 Å². The molecule has 2 heterocycles. The molecule has 3 N–H and O–H groups in total. The number of rotatable bonds is 7. The average molecular weight is 354 g/mol. The topological polar surface area (TPSA) is 90.6 Å². The number of aromatic nitrogens is 2. The number of halogens is 1. The lowest BCUT2D eigenvalue weighted by Gasteiger charge is -2.09. The third kappa shape index (κ3) is 4.05. The number of anilines is 1. The maximum Gasteiger partial charge on any atom is 0.149 e. The Kier molecular flexibility index (Phi) is 5.58. The highest BCUT2D eigenvalue weighted by molar-refractivity contribution is 5.91. The first-order chi connectivity index (χ1) is 12.7. The largest absolute Gasteiger partial charge is 0.506 e. The minimum atomic E-state index is -0.327. The Hall–Kier alpha value is -3.22. The van der Waals surface area contributed by atoms with Crippen LogP contribution >= 0.6 is 0 Å². The van der Waals surface area contributed by atoms with Gasteiger partial charge in [-0.1, -0.05) is 17.3 Å². The van der Waals surface area contributed by atoms with E-state index in [9.17, 15) is 9.50 Å². The number of fused-ring (bicyclic) bond motifs is 1. The maximum absolute atomic E-state index is 13.8. The van der Waals surface area contributed by atoms with E-state index in [1.165, 1.54) is 12.1 Å². The smallest absolute Gasteiger partial charge is 0.149 e. The van der Waals surface area contributed by atoms with Crippen LogP contribution in [0.4, 0.5) is 10.1 Å². The molecule has 0 aliphatic carbocycles. The predicted octanol–water partition coefficient (Wildman–Crippen LogP) is 3.72. The Balaban J connectivity index is 1.54. The first-order valence-electron chi connectivity index (χ1n) is 8.32. The highest BCUT2D eigenvalue weighted by Gasteiger charge is 2.06. The summed E-state index contributed by atoms with van der Waals surface area (Å²) in [4.78, 5) is 8.32. The summed E-state index contributed by atoms with van der Waals surface area (Å²) in [6.45, 7) is 0.735. The fourth-order valence-corrected chi connectivity index (χ4v) is 2.75. The SMILES string of the molecule is O/N=C/c1nc(CCCCNc2ccnc3c(F)cccc23)ccc1O. The number of unbranched alkanes of at least 4 members (excludes halogenated alkanes) is 1. The van der Waals surface area contributed by atoms with Crippen molar-refractivity contribution in [2.24, 2.45) is 5.16 Å². The van der Waals surface area contributed by atoms with Gasteiger partial charge in [0.1, 0.15) is 22.8 Å². The summed E-state index contributed by atoms with van der Waals surface area (Å²) >= 11 is 0. The number of aryl methyl sites for hydroxylation is 1. The third-order valence-electron chi connectivity index (χ3n) is 4.04. The molecular weight excluding hydrogens is 335 g/mol. The van der Waals surface area contributed by atoms with Gasteiger partial charge < -0.3 is 15.6 Å². The van der Waals surface area contributed by atoms with Crippen LogP contribution < -0.4 is 5.32 Å². The van der Waals surface area contributed by atoms with Gasteiger partial charge in [0.25, 0.3) is 0 Å². The van der Waals surface area contributed by atoms with Gasteiger partial charge in [-0.15, -0.1) is 0 Å². The molecule has 0 unspecified atom stereocenters. The van der Waals surface area contributed by atoms with Gasteiger partial charge in [0.05, 0.1) is 6.21 Å². The van der Waals surface area contributed by atoms with Crippen molar-refractivity contribution in [3.8, 4) is 5.75 Å². The van der Waals surface area contributed by atoms with E-state index >= 15 is 0 Å². The van der Waals surface area contributed by atoms with E-state index in [1.54, 1.807) is 18.3 Å². The van der Waals surface area contributed by atoms with Crippen molar-refractivity contribution < 1.29 is 14.7 Å². The van der Waals surface area contributed by atoms with Crippen molar-refractivity contribution in [2.45, 2.75) is 19.3 Å². The number of benzene rings is 1. The van der Waals surface area contributed by atoms with E-state index < -0.39 is 0 Å². The van der Waals surface area contributed by atoms with Crippen molar-refractivity contribution >= 4 is 22.8 Å². The molecule has 0 aliphatic heterocycles. The van der Waals surface area contributed by atoms with Crippen molar-refractivity contribution in [1.29, 1.82) is 0 Å². The molecule has 0 amide bonds. The molecule has 2 aromatic heterocycles. The third-order valence-corrected chi connectivity index (χ3v) is 4.04. The first kappa shape index (κ1) is 17.6. The lowest BCUT2D eigenvalue weighted by atomic mass is 10.1. The summed E-state index contributed by atoms with van der Waals surface area (Å²) in [5.74, 6) is -0.350. The van der Waals surface area contributed by atoms with Gasteiger partial charge in [0, 0.05) is 29.5 Å². The van der Waals surface area contributed by atoms with Crippen molar-refractivity contribution in [2.75, 3.05) is 11.9 Å². The molecule has 1 aromatic carbocycles. The quantitative estimate of drug-likeness (QED) is 0.260. The lowest BCUT2D eigenvalue weighted by Crippen LogP contribution is -2.04. The number of oxime groups is 1. The van der Waals surface area contributed by atoms with Gasteiger partial charge >= 0.3 is 0 Å². The van der Waals surface area contributed by atoms with E-state index in [0.717, 1.165) is 48.8 Å². The molecular formula is C19H19FN4O2. The molecule has 7 heteroatoms. The zero-order valence-corrected chi connectivity index (χ0v) is 14.1. The zero-order valence-electron chi connectivity index (χ0n) is 14.1. The second-order valence-corrected chi connectivity index (χ2v) is 5.83. The van der Waals surface area contributed by atoms with Gasteiger partial charge in [-0.25, -0.2) is 9.37 Å². The molecule has 0 saturated heterocycles. The minimum absolute atomic E-state index is 0.0231. The number of nitrogens with zero attached hydrogens (tertiary/aromatic N) is 3. The van der Waals surface area contributed by atoms with Crippen LogP contribution in [0.15, 0.2) is 47.8 Å². The molecule has 0 spiro atoms. The Morgan fingerprint density at radius 2 is 2.04 bits per heavy atom. The summed E-state index contributed by atoms with van der Waals surface area (Å²) in [6.07, 6.45) is 5.22. The first-order valence-corrected chi connectivity index (χ1v) is 8.32. The molecule has 0 atom stereocenters. The molecule has 0 aliphatic rings. The van der Waals surface area contributed by atoms with Crippen LogP contribution in [0.2, 0.25) is 0 Å².